The summed E-state index contributed by atoms with van der Waals surface area (Å²) in [4.78, 5) is 4.34. The van der Waals surface area contributed by atoms with Gasteiger partial charge < -0.3 is 0 Å². The molecule has 0 amide bonds. The molecule has 0 spiro atoms. The molecule has 0 unspecified atom stereocenters. The van der Waals surface area contributed by atoms with Crippen LogP contribution in [0.4, 0.5) is 0 Å². The van der Waals surface area contributed by atoms with E-state index < -0.39 is 0 Å². The van der Waals surface area contributed by atoms with Crippen LogP contribution in [0.5, 0.6) is 0 Å². The van der Waals surface area contributed by atoms with Gasteiger partial charge in [0.25, 0.3) is 0 Å². The number of aromatic nitrogens is 3. The first-order valence-corrected chi connectivity index (χ1v) is 6.86. The van der Waals surface area contributed by atoms with Crippen LogP contribution in [-0.2, 0) is 6.42 Å². The van der Waals surface area contributed by atoms with Gasteiger partial charge in [-0.05, 0) is 45.4 Å². The van der Waals surface area contributed by atoms with E-state index in [1.165, 1.54) is 0 Å². The molecule has 0 N–H and O–H groups in total. The summed E-state index contributed by atoms with van der Waals surface area (Å²) < 4.78 is 1.94. The van der Waals surface area contributed by atoms with Crippen molar-refractivity contribution in [1.29, 1.82) is 5.26 Å². The third-order valence-electron chi connectivity index (χ3n) is 4.10. The lowest BCUT2D eigenvalue weighted by Gasteiger charge is -2.33. The Bertz CT molecular complexity index is 433. The first-order valence-electron chi connectivity index (χ1n) is 6.86. The van der Waals surface area contributed by atoms with E-state index in [1.807, 2.05) is 4.68 Å². The molecule has 0 aromatic carbocycles. The van der Waals surface area contributed by atoms with E-state index in [-0.39, 0.29) is 5.41 Å². The summed E-state index contributed by atoms with van der Waals surface area (Å²) >= 11 is 0. The van der Waals surface area contributed by atoms with Gasteiger partial charge >= 0.3 is 0 Å². The maximum atomic E-state index is 9.55. The summed E-state index contributed by atoms with van der Waals surface area (Å²) in [7, 11) is 0. The molecule has 1 aromatic heterocycles. The summed E-state index contributed by atoms with van der Waals surface area (Å²) in [5.74, 6) is 1.72. The number of nitriles is 1. The first-order chi connectivity index (χ1) is 8.56. The van der Waals surface area contributed by atoms with Gasteiger partial charge in [0.15, 0.2) is 0 Å². The summed E-state index contributed by atoms with van der Waals surface area (Å²) in [6.45, 7) is 6.47. The van der Waals surface area contributed by atoms with Crippen LogP contribution in [0.3, 0.4) is 0 Å². The van der Waals surface area contributed by atoms with Crippen LogP contribution in [0.25, 0.3) is 0 Å². The molecule has 0 atom stereocenters. The summed E-state index contributed by atoms with van der Waals surface area (Å²) in [5.41, 5.74) is -0.216. The molecule has 4 heteroatoms. The molecule has 18 heavy (non-hydrogen) atoms. The third-order valence-corrected chi connectivity index (χ3v) is 4.10. The van der Waals surface area contributed by atoms with Crippen molar-refractivity contribution in [2.75, 3.05) is 0 Å². The molecule has 1 aliphatic carbocycles. The standard InChI is InChI=1S/C14H22N4/c1-11(2)18-13(16-10-17-18)8-14(9-15)6-4-12(3)5-7-14/h10-12H,4-8H2,1-3H3. The van der Waals surface area contributed by atoms with Gasteiger partial charge in [0.1, 0.15) is 12.2 Å². The fourth-order valence-corrected chi connectivity index (χ4v) is 2.78. The molecule has 1 heterocycles. The van der Waals surface area contributed by atoms with Gasteiger partial charge in [-0.3, -0.25) is 0 Å². The zero-order valence-electron chi connectivity index (χ0n) is 11.6. The van der Waals surface area contributed by atoms with Gasteiger partial charge in [0.05, 0.1) is 11.5 Å². The maximum Gasteiger partial charge on any atom is 0.138 e. The molecule has 1 aromatic rings. The van der Waals surface area contributed by atoms with Gasteiger partial charge in [-0.1, -0.05) is 6.92 Å². The van der Waals surface area contributed by atoms with Crippen LogP contribution in [0, 0.1) is 22.7 Å². The van der Waals surface area contributed by atoms with Crippen LogP contribution in [-0.4, -0.2) is 14.8 Å². The van der Waals surface area contributed by atoms with Crippen molar-refractivity contribution in [1.82, 2.24) is 14.8 Å². The molecule has 0 aliphatic heterocycles. The average molecular weight is 246 g/mol. The predicted octanol–water partition coefficient (Wildman–Crippen LogP) is 3.12. The second-order valence-electron chi connectivity index (χ2n) is 5.97. The Kier molecular flexibility index (Phi) is 3.70. The second-order valence-corrected chi connectivity index (χ2v) is 5.97. The lowest BCUT2D eigenvalue weighted by atomic mass is 9.70. The Morgan fingerprint density at radius 2 is 2.17 bits per heavy atom. The van der Waals surface area contributed by atoms with Crippen LogP contribution >= 0.6 is 0 Å². The average Bonchev–Trinajstić information content (AvgIpc) is 2.80. The molecular weight excluding hydrogens is 224 g/mol. The van der Waals surface area contributed by atoms with Crippen LogP contribution < -0.4 is 0 Å². The van der Waals surface area contributed by atoms with E-state index in [9.17, 15) is 5.26 Å². The summed E-state index contributed by atoms with van der Waals surface area (Å²) in [6, 6.07) is 2.87. The van der Waals surface area contributed by atoms with Gasteiger partial charge in [-0.15, -0.1) is 0 Å². The normalized spacial score (nSPS) is 28.3. The smallest absolute Gasteiger partial charge is 0.138 e. The quantitative estimate of drug-likeness (QED) is 0.823. The third kappa shape index (κ3) is 2.55. The highest BCUT2D eigenvalue weighted by Crippen LogP contribution is 2.40. The fraction of sp³-hybridized carbons (Fsp3) is 0.786. The first kappa shape index (κ1) is 13.1. The van der Waals surface area contributed by atoms with Crippen molar-refractivity contribution in [3.05, 3.63) is 12.2 Å². The van der Waals surface area contributed by atoms with E-state index in [0.29, 0.717) is 6.04 Å². The van der Waals surface area contributed by atoms with Crippen molar-refractivity contribution in [3.8, 4) is 6.07 Å². The van der Waals surface area contributed by atoms with Crippen molar-refractivity contribution >= 4 is 0 Å². The monoisotopic (exact) mass is 246 g/mol. The zero-order chi connectivity index (χ0) is 13.2. The largest absolute Gasteiger partial charge is 0.248 e. The fourth-order valence-electron chi connectivity index (χ4n) is 2.78. The number of rotatable bonds is 3. The van der Waals surface area contributed by atoms with Crippen molar-refractivity contribution in [2.45, 2.75) is 58.9 Å². The lowest BCUT2D eigenvalue weighted by Crippen LogP contribution is -2.29. The Balaban J connectivity index is 2.16. The minimum atomic E-state index is -0.216. The highest BCUT2D eigenvalue weighted by Gasteiger charge is 2.36. The molecule has 2 rings (SSSR count). The van der Waals surface area contributed by atoms with E-state index in [0.717, 1.165) is 43.8 Å². The molecule has 4 nitrogen and oxygen atoms in total. The molecule has 98 valence electrons. The SMILES string of the molecule is CC1CCC(C#N)(Cc2ncnn2C(C)C)CC1. The number of hydrogen-bond acceptors (Lipinski definition) is 3. The predicted molar refractivity (Wildman–Crippen MR) is 69.8 cm³/mol. The number of nitrogens with zero attached hydrogens (tertiary/aromatic N) is 4. The van der Waals surface area contributed by atoms with Gasteiger partial charge in [-0.2, -0.15) is 10.4 Å². The molecule has 1 fully saturated rings. The van der Waals surface area contributed by atoms with Crippen LogP contribution in [0.15, 0.2) is 6.33 Å². The van der Waals surface area contributed by atoms with Gasteiger partial charge in [-0.25, -0.2) is 9.67 Å². The van der Waals surface area contributed by atoms with Crippen LogP contribution in [0.1, 0.15) is 58.3 Å². The van der Waals surface area contributed by atoms with Gasteiger partial charge in [0, 0.05) is 12.5 Å². The summed E-state index contributed by atoms with van der Waals surface area (Å²) in [5, 5.41) is 13.8. The Labute approximate surface area is 109 Å². The zero-order valence-corrected chi connectivity index (χ0v) is 11.6. The van der Waals surface area contributed by atoms with E-state index in [2.05, 4.69) is 36.9 Å². The topological polar surface area (TPSA) is 54.5 Å². The molecular formula is C14H22N4. The van der Waals surface area contributed by atoms with E-state index >= 15 is 0 Å². The molecule has 1 saturated carbocycles. The maximum absolute atomic E-state index is 9.55. The molecule has 0 saturated heterocycles. The minimum absolute atomic E-state index is 0.216. The van der Waals surface area contributed by atoms with E-state index in [1.54, 1.807) is 6.33 Å². The molecule has 1 aliphatic rings. The lowest BCUT2D eigenvalue weighted by molar-refractivity contribution is 0.212. The van der Waals surface area contributed by atoms with Crippen molar-refractivity contribution in [2.24, 2.45) is 11.3 Å². The number of hydrogen-bond donors (Lipinski definition) is 0. The Hall–Kier alpha value is -1.37. The summed E-state index contributed by atoms with van der Waals surface area (Å²) in [6.07, 6.45) is 6.65. The van der Waals surface area contributed by atoms with Crippen molar-refractivity contribution < 1.29 is 0 Å². The van der Waals surface area contributed by atoms with Gasteiger partial charge in [0.2, 0.25) is 0 Å². The van der Waals surface area contributed by atoms with Crippen LogP contribution in [0.2, 0.25) is 0 Å². The van der Waals surface area contributed by atoms with Crippen molar-refractivity contribution in [3.63, 3.8) is 0 Å². The minimum Gasteiger partial charge on any atom is -0.248 e. The highest BCUT2D eigenvalue weighted by atomic mass is 15.3. The Morgan fingerprint density at radius 1 is 1.50 bits per heavy atom. The Morgan fingerprint density at radius 3 is 2.72 bits per heavy atom. The molecule has 0 bridgehead atoms. The second kappa shape index (κ2) is 5.09. The highest BCUT2D eigenvalue weighted by molar-refractivity contribution is 5.07. The van der Waals surface area contributed by atoms with E-state index in [4.69, 9.17) is 0 Å². The molecule has 0 radical (unpaired) electrons.